The number of hydrogen-bond acceptors (Lipinski definition) is 1. The Balaban J connectivity index is 0.000000810. The number of ether oxygens (including phenoxy) is 1. The Bertz CT molecular complexity index is 101. The Morgan fingerprint density at radius 1 is 1.30 bits per heavy atom. The first-order chi connectivity index (χ1) is 4.11. The van der Waals surface area contributed by atoms with Gasteiger partial charge >= 0.3 is 58.4 Å². The van der Waals surface area contributed by atoms with E-state index < -0.39 is 12.8 Å². The molecule has 0 aromatic heterocycles. The fourth-order valence-electron chi connectivity index (χ4n) is 0.851. The van der Waals surface area contributed by atoms with Crippen molar-refractivity contribution in [3.63, 3.8) is 0 Å². The third-order valence-electron chi connectivity index (χ3n) is 1.50. The smallest absolute Gasteiger partial charge is 0.449 e. The van der Waals surface area contributed by atoms with Gasteiger partial charge in [-0.25, -0.2) is 0 Å². The summed E-state index contributed by atoms with van der Waals surface area (Å²) in [5, 5.41) is 0. The van der Waals surface area contributed by atoms with Gasteiger partial charge in [0.2, 0.25) is 0 Å². The molecule has 1 heterocycles. The van der Waals surface area contributed by atoms with E-state index in [0.717, 1.165) is 0 Å². The van der Waals surface area contributed by atoms with Crippen molar-refractivity contribution >= 4 is 6.98 Å². The summed E-state index contributed by atoms with van der Waals surface area (Å²) in [4.78, 5) is 0. The minimum Gasteiger partial charge on any atom is -0.449 e. The van der Waals surface area contributed by atoms with Crippen molar-refractivity contribution in [2.24, 2.45) is 0 Å². The van der Waals surface area contributed by atoms with E-state index in [4.69, 9.17) is 0 Å². The summed E-state index contributed by atoms with van der Waals surface area (Å²) in [5.41, 5.74) is 0. The van der Waals surface area contributed by atoms with Crippen LogP contribution in [0.1, 0.15) is 6.42 Å². The van der Waals surface area contributed by atoms with Crippen molar-refractivity contribution in [3.8, 4) is 0 Å². The van der Waals surface area contributed by atoms with Crippen LogP contribution in [0.25, 0.3) is 0 Å². The van der Waals surface area contributed by atoms with Crippen LogP contribution in [0.2, 0.25) is 5.82 Å². The van der Waals surface area contributed by atoms with Crippen molar-refractivity contribution in [1.29, 1.82) is 0 Å². The van der Waals surface area contributed by atoms with E-state index in [9.17, 15) is 12.9 Å². The molecule has 0 saturated carbocycles. The van der Waals surface area contributed by atoms with Gasteiger partial charge in [-0.2, -0.15) is 0 Å². The summed E-state index contributed by atoms with van der Waals surface area (Å²) in [7, 11) is 0. The first-order valence-corrected chi connectivity index (χ1v) is 2.88. The topological polar surface area (TPSA) is 9.23 Å². The van der Waals surface area contributed by atoms with Crippen LogP contribution < -0.4 is 51.4 Å². The molecular formula is C4H7BF3KO. The predicted octanol–water partition coefficient (Wildman–Crippen LogP) is -1.37. The average molecular weight is 178 g/mol. The van der Waals surface area contributed by atoms with E-state index >= 15 is 0 Å². The van der Waals surface area contributed by atoms with Gasteiger partial charge in [-0.1, -0.05) is 0 Å². The third-order valence-corrected chi connectivity index (χ3v) is 1.50. The fourth-order valence-corrected chi connectivity index (χ4v) is 0.851. The van der Waals surface area contributed by atoms with Crippen molar-refractivity contribution in [1.82, 2.24) is 0 Å². The van der Waals surface area contributed by atoms with E-state index in [1.54, 1.807) is 0 Å². The van der Waals surface area contributed by atoms with Crippen molar-refractivity contribution in [3.05, 3.63) is 0 Å². The third kappa shape index (κ3) is 3.23. The van der Waals surface area contributed by atoms with Gasteiger partial charge in [0.15, 0.2) is 0 Å². The maximum absolute atomic E-state index is 11.7. The fraction of sp³-hybridized carbons (Fsp3) is 1.00. The molecule has 1 atom stereocenters. The first-order valence-electron chi connectivity index (χ1n) is 2.88. The molecule has 0 aromatic carbocycles. The standard InChI is InChI=1S/C4H7BF3O.K/c6-5(7,8)4-1-2-9-3-4;/h4H,1-3H2;/q-1;+1. The van der Waals surface area contributed by atoms with Crippen LogP contribution in [0.15, 0.2) is 0 Å². The Kier molecular flexibility index (Phi) is 5.12. The van der Waals surface area contributed by atoms with Crippen LogP contribution in [-0.2, 0) is 4.74 Å². The van der Waals surface area contributed by atoms with Gasteiger partial charge in [0.25, 0.3) is 0 Å². The van der Waals surface area contributed by atoms with Gasteiger partial charge in [-0.15, -0.1) is 0 Å². The molecule has 1 nitrogen and oxygen atoms in total. The second-order valence-corrected chi connectivity index (χ2v) is 2.25. The molecule has 1 aliphatic rings. The van der Waals surface area contributed by atoms with Crippen LogP contribution in [0.5, 0.6) is 0 Å². The van der Waals surface area contributed by atoms with Crippen molar-refractivity contribution in [2.75, 3.05) is 13.2 Å². The van der Waals surface area contributed by atoms with Crippen LogP contribution >= 0.6 is 0 Å². The molecule has 0 aromatic rings. The molecule has 1 fully saturated rings. The monoisotopic (exact) mass is 178 g/mol. The van der Waals surface area contributed by atoms with Crippen LogP contribution in [-0.4, -0.2) is 20.2 Å². The van der Waals surface area contributed by atoms with Gasteiger partial charge < -0.3 is 17.7 Å². The molecule has 0 spiro atoms. The molecule has 0 bridgehead atoms. The SMILES string of the molecule is F[B-](F)(F)C1CCOC1.[K+]. The number of rotatable bonds is 1. The van der Waals surface area contributed by atoms with E-state index in [1.165, 1.54) is 0 Å². The molecule has 1 aliphatic heterocycles. The zero-order valence-electron chi connectivity index (χ0n) is 5.82. The van der Waals surface area contributed by atoms with E-state index in [0.29, 0.717) is 0 Å². The molecule has 6 heteroatoms. The zero-order chi connectivity index (χ0) is 6.91. The summed E-state index contributed by atoms with van der Waals surface area (Å²) in [6.07, 6.45) is 0.156. The Hall–Kier alpha value is 1.45. The largest absolute Gasteiger partial charge is 1.00 e. The molecule has 0 aliphatic carbocycles. The zero-order valence-corrected chi connectivity index (χ0v) is 8.94. The molecule has 1 unspecified atom stereocenters. The van der Waals surface area contributed by atoms with E-state index in [1.807, 2.05) is 0 Å². The number of hydrogen-bond donors (Lipinski definition) is 0. The molecule has 54 valence electrons. The Morgan fingerprint density at radius 3 is 2.10 bits per heavy atom. The second kappa shape index (κ2) is 4.47. The van der Waals surface area contributed by atoms with Crippen molar-refractivity contribution in [2.45, 2.75) is 12.2 Å². The summed E-state index contributed by atoms with van der Waals surface area (Å²) in [5.74, 6) is -1.15. The summed E-state index contributed by atoms with van der Waals surface area (Å²) in [6, 6.07) is 0. The Morgan fingerprint density at radius 2 is 1.90 bits per heavy atom. The molecular weight excluding hydrogens is 171 g/mol. The maximum atomic E-state index is 11.7. The van der Waals surface area contributed by atoms with E-state index in [2.05, 4.69) is 4.74 Å². The van der Waals surface area contributed by atoms with Gasteiger partial charge in [0.05, 0.1) is 0 Å². The van der Waals surface area contributed by atoms with Crippen LogP contribution in [0.3, 0.4) is 0 Å². The van der Waals surface area contributed by atoms with Gasteiger partial charge in [-0.05, 0) is 12.2 Å². The van der Waals surface area contributed by atoms with Crippen LogP contribution in [0.4, 0.5) is 12.9 Å². The summed E-state index contributed by atoms with van der Waals surface area (Å²) >= 11 is 0. The van der Waals surface area contributed by atoms with Gasteiger partial charge in [0.1, 0.15) is 0 Å². The van der Waals surface area contributed by atoms with E-state index in [-0.39, 0.29) is 71.0 Å². The molecule has 10 heavy (non-hydrogen) atoms. The summed E-state index contributed by atoms with van der Waals surface area (Å²) < 4.78 is 39.8. The van der Waals surface area contributed by atoms with Crippen LogP contribution in [0, 0.1) is 0 Å². The Labute approximate surface area is 100 Å². The summed E-state index contributed by atoms with van der Waals surface area (Å²) in [6.45, 7) is -4.48. The molecule has 1 rings (SSSR count). The van der Waals surface area contributed by atoms with Gasteiger partial charge in [0, 0.05) is 13.2 Å². The molecule has 0 N–H and O–H groups in total. The molecule has 1 saturated heterocycles. The van der Waals surface area contributed by atoms with Crippen molar-refractivity contribution < 1.29 is 69.1 Å². The second-order valence-electron chi connectivity index (χ2n) is 2.25. The van der Waals surface area contributed by atoms with Gasteiger partial charge in [-0.3, -0.25) is 0 Å². The molecule has 0 amide bonds. The molecule has 0 radical (unpaired) electrons. The minimum atomic E-state index is -4.63. The first kappa shape index (κ1) is 11.5. The average Bonchev–Trinajstić information content (AvgIpc) is 2.08. The number of halogens is 3. The quantitative estimate of drug-likeness (QED) is 0.450. The maximum Gasteiger partial charge on any atom is 1.00 e. The minimum absolute atomic E-state index is 0. The predicted molar refractivity (Wildman–Crippen MR) is 28.3 cm³/mol. The normalized spacial score (nSPS) is 26.1.